The summed E-state index contributed by atoms with van der Waals surface area (Å²) < 4.78 is 2.38. The van der Waals surface area contributed by atoms with Crippen LogP contribution in [0, 0.1) is 12.3 Å². The molecule has 4 heteroatoms. The van der Waals surface area contributed by atoms with Gasteiger partial charge in [0.1, 0.15) is 0 Å². The van der Waals surface area contributed by atoms with Gasteiger partial charge in [-0.15, -0.1) is 11.3 Å². The highest BCUT2D eigenvalue weighted by atomic mass is 32.1. The van der Waals surface area contributed by atoms with E-state index in [-0.39, 0.29) is 11.5 Å². The molecular weight excluding hydrogens is 268 g/mol. The monoisotopic (exact) mass is 290 g/mol. The normalized spacial score (nSPS) is 20.9. The Bertz CT molecular complexity index is 598. The minimum atomic E-state index is -0.312. The van der Waals surface area contributed by atoms with Crippen molar-refractivity contribution in [3.8, 4) is 0 Å². The molecule has 2 aromatic heterocycles. The Morgan fingerprint density at radius 2 is 2.30 bits per heavy atom. The molecule has 1 aliphatic rings. The predicted molar refractivity (Wildman–Crippen MR) is 82.0 cm³/mol. The zero-order valence-corrected chi connectivity index (χ0v) is 13.2. The molecule has 0 saturated heterocycles. The molecule has 1 unspecified atom stereocenters. The van der Waals surface area contributed by atoms with Crippen molar-refractivity contribution in [2.24, 2.45) is 5.41 Å². The van der Waals surface area contributed by atoms with Crippen LogP contribution in [0.5, 0.6) is 0 Å². The van der Waals surface area contributed by atoms with Crippen molar-refractivity contribution in [2.45, 2.75) is 52.7 Å². The fourth-order valence-electron chi connectivity index (χ4n) is 3.30. The van der Waals surface area contributed by atoms with E-state index in [9.17, 15) is 5.11 Å². The maximum absolute atomic E-state index is 10.4. The number of hydrogen-bond donors (Lipinski definition) is 1. The van der Waals surface area contributed by atoms with E-state index in [1.54, 1.807) is 11.3 Å². The SMILES string of the molecule is Cc1cc2c(n1CCc1nccs1)CC(C)(C)CC2O. The van der Waals surface area contributed by atoms with Gasteiger partial charge < -0.3 is 9.67 Å². The fraction of sp³-hybridized carbons (Fsp3) is 0.562. The van der Waals surface area contributed by atoms with Crippen LogP contribution in [0.3, 0.4) is 0 Å². The predicted octanol–water partition coefficient (Wildman–Crippen LogP) is 3.50. The Morgan fingerprint density at radius 3 is 3.00 bits per heavy atom. The molecule has 0 bridgehead atoms. The molecule has 3 rings (SSSR count). The van der Waals surface area contributed by atoms with Gasteiger partial charge >= 0.3 is 0 Å². The summed E-state index contributed by atoms with van der Waals surface area (Å²) in [7, 11) is 0. The Balaban J connectivity index is 1.88. The average Bonchev–Trinajstić information content (AvgIpc) is 2.94. The minimum Gasteiger partial charge on any atom is -0.388 e. The maximum atomic E-state index is 10.4. The van der Waals surface area contributed by atoms with Crippen LogP contribution in [0.1, 0.15) is 48.3 Å². The highest BCUT2D eigenvalue weighted by Gasteiger charge is 2.33. The van der Waals surface area contributed by atoms with Crippen LogP contribution in [0.25, 0.3) is 0 Å². The first-order chi connectivity index (χ1) is 9.46. The minimum absolute atomic E-state index is 0.177. The molecule has 1 atom stereocenters. The van der Waals surface area contributed by atoms with Crippen molar-refractivity contribution in [3.63, 3.8) is 0 Å². The molecule has 0 spiro atoms. The molecular formula is C16H22N2OS. The first-order valence-electron chi connectivity index (χ1n) is 7.22. The van der Waals surface area contributed by atoms with Crippen molar-refractivity contribution in [1.82, 2.24) is 9.55 Å². The van der Waals surface area contributed by atoms with Gasteiger partial charge in [0, 0.05) is 41.5 Å². The molecule has 0 amide bonds. The number of aryl methyl sites for hydroxylation is 2. The lowest BCUT2D eigenvalue weighted by atomic mass is 9.75. The van der Waals surface area contributed by atoms with Gasteiger partial charge in [-0.25, -0.2) is 4.98 Å². The number of hydrogen-bond acceptors (Lipinski definition) is 3. The molecule has 0 saturated carbocycles. The molecule has 1 aliphatic carbocycles. The first kappa shape index (κ1) is 13.8. The highest BCUT2D eigenvalue weighted by Crippen LogP contribution is 2.41. The summed E-state index contributed by atoms with van der Waals surface area (Å²) >= 11 is 1.71. The number of aliphatic hydroxyl groups is 1. The van der Waals surface area contributed by atoms with E-state index in [0.29, 0.717) is 0 Å². The quantitative estimate of drug-likeness (QED) is 0.939. The molecule has 0 aliphatic heterocycles. The number of thiazole rings is 1. The molecule has 0 fully saturated rings. The summed E-state index contributed by atoms with van der Waals surface area (Å²) in [4.78, 5) is 4.36. The number of fused-ring (bicyclic) bond motifs is 1. The average molecular weight is 290 g/mol. The standard InChI is InChI=1S/C16H22N2OS/c1-11-8-12-13(9-16(2,3)10-14(12)19)18(11)6-4-15-17-5-7-20-15/h5,7-8,14,19H,4,6,9-10H2,1-3H3. The Hall–Kier alpha value is -1.13. The molecule has 20 heavy (non-hydrogen) atoms. The smallest absolute Gasteiger partial charge is 0.0942 e. The second-order valence-corrected chi connectivity index (χ2v) is 7.56. The third-order valence-corrected chi connectivity index (χ3v) is 5.07. The molecule has 1 N–H and O–H groups in total. The third kappa shape index (κ3) is 2.54. The van der Waals surface area contributed by atoms with E-state index in [1.807, 2.05) is 11.6 Å². The largest absolute Gasteiger partial charge is 0.388 e. The van der Waals surface area contributed by atoms with Gasteiger partial charge in [0.25, 0.3) is 0 Å². The Kier molecular flexibility index (Phi) is 3.46. The third-order valence-electron chi connectivity index (χ3n) is 4.23. The van der Waals surface area contributed by atoms with E-state index in [2.05, 4.69) is 36.4 Å². The van der Waals surface area contributed by atoms with Crippen molar-refractivity contribution in [1.29, 1.82) is 0 Å². The lowest BCUT2D eigenvalue weighted by molar-refractivity contribution is 0.0979. The van der Waals surface area contributed by atoms with Crippen molar-refractivity contribution < 1.29 is 5.11 Å². The van der Waals surface area contributed by atoms with Gasteiger partial charge in [0.05, 0.1) is 11.1 Å². The maximum Gasteiger partial charge on any atom is 0.0942 e. The summed E-state index contributed by atoms with van der Waals surface area (Å²) in [5, 5.41) is 13.6. The number of aliphatic hydroxyl groups excluding tert-OH is 1. The second-order valence-electron chi connectivity index (χ2n) is 6.58. The first-order valence-corrected chi connectivity index (χ1v) is 8.09. The molecule has 0 radical (unpaired) electrons. The molecule has 0 aromatic carbocycles. The van der Waals surface area contributed by atoms with E-state index in [0.717, 1.165) is 31.4 Å². The Morgan fingerprint density at radius 1 is 1.50 bits per heavy atom. The fourth-order valence-corrected chi connectivity index (χ4v) is 3.90. The van der Waals surface area contributed by atoms with Crippen molar-refractivity contribution in [2.75, 3.05) is 0 Å². The van der Waals surface area contributed by atoms with Gasteiger partial charge in [-0.2, -0.15) is 0 Å². The number of rotatable bonds is 3. The van der Waals surface area contributed by atoms with Crippen LogP contribution in [-0.4, -0.2) is 14.7 Å². The summed E-state index contributed by atoms with van der Waals surface area (Å²) in [5.74, 6) is 0. The molecule has 2 heterocycles. The van der Waals surface area contributed by atoms with E-state index < -0.39 is 0 Å². The zero-order valence-electron chi connectivity index (χ0n) is 12.4. The Labute approximate surface area is 124 Å². The van der Waals surface area contributed by atoms with Crippen LogP contribution >= 0.6 is 11.3 Å². The lowest BCUT2D eigenvalue weighted by Gasteiger charge is -2.34. The molecule has 108 valence electrons. The summed E-state index contributed by atoms with van der Waals surface area (Å²) in [6.45, 7) is 7.58. The topological polar surface area (TPSA) is 38.0 Å². The van der Waals surface area contributed by atoms with E-state index >= 15 is 0 Å². The summed E-state index contributed by atoms with van der Waals surface area (Å²) in [5.41, 5.74) is 3.89. The van der Waals surface area contributed by atoms with Crippen LogP contribution in [0.15, 0.2) is 17.6 Å². The van der Waals surface area contributed by atoms with Crippen LogP contribution in [0.4, 0.5) is 0 Å². The molecule has 2 aromatic rings. The van der Waals surface area contributed by atoms with Crippen LogP contribution in [0.2, 0.25) is 0 Å². The molecule has 3 nitrogen and oxygen atoms in total. The van der Waals surface area contributed by atoms with Gasteiger partial charge in [-0.05, 0) is 31.2 Å². The van der Waals surface area contributed by atoms with Gasteiger partial charge in [-0.1, -0.05) is 13.8 Å². The van der Waals surface area contributed by atoms with Gasteiger partial charge in [-0.3, -0.25) is 0 Å². The lowest BCUT2D eigenvalue weighted by Crippen LogP contribution is -2.27. The summed E-state index contributed by atoms with van der Waals surface area (Å²) in [6, 6.07) is 2.16. The number of aromatic nitrogens is 2. The summed E-state index contributed by atoms with van der Waals surface area (Å²) in [6.07, 6.45) is 4.43. The van der Waals surface area contributed by atoms with E-state index in [1.165, 1.54) is 16.4 Å². The highest BCUT2D eigenvalue weighted by molar-refractivity contribution is 7.09. The van der Waals surface area contributed by atoms with Crippen molar-refractivity contribution in [3.05, 3.63) is 39.6 Å². The van der Waals surface area contributed by atoms with E-state index in [4.69, 9.17) is 0 Å². The van der Waals surface area contributed by atoms with Gasteiger partial charge in [0.2, 0.25) is 0 Å². The zero-order chi connectivity index (χ0) is 14.3. The van der Waals surface area contributed by atoms with Crippen LogP contribution in [-0.2, 0) is 19.4 Å². The van der Waals surface area contributed by atoms with Gasteiger partial charge in [0.15, 0.2) is 0 Å². The number of nitrogens with zero attached hydrogens (tertiary/aromatic N) is 2. The van der Waals surface area contributed by atoms with Crippen LogP contribution < -0.4 is 0 Å². The van der Waals surface area contributed by atoms with Crippen molar-refractivity contribution >= 4 is 11.3 Å². The second kappa shape index (κ2) is 5.01.